The van der Waals surface area contributed by atoms with Crippen molar-refractivity contribution in [3.63, 3.8) is 0 Å². The topological polar surface area (TPSA) is 56.3 Å². The van der Waals surface area contributed by atoms with Crippen molar-refractivity contribution < 1.29 is 9.90 Å². The van der Waals surface area contributed by atoms with Gasteiger partial charge in [-0.05, 0) is 30.2 Å². The zero-order valence-electron chi connectivity index (χ0n) is 11.3. The molecule has 3 aromatic rings. The first kappa shape index (κ1) is 12.0. The molecule has 2 heterocycles. The van der Waals surface area contributed by atoms with Gasteiger partial charge in [0.15, 0.2) is 0 Å². The number of benzene rings is 2. The van der Waals surface area contributed by atoms with E-state index in [1.165, 1.54) is 0 Å². The molecule has 104 valence electrons. The molecule has 4 heteroatoms. The number of nitrogens with zero attached hydrogens (tertiary/aromatic N) is 1. The molecule has 2 N–H and O–H groups in total. The number of carboxylic acids is 1. The first-order chi connectivity index (χ1) is 10.3. The smallest absolute Gasteiger partial charge is 0.337 e. The monoisotopic (exact) mass is 278 g/mol. The van der Waals surface area contributed by atoms with Crippen LogP contribution in [0.5, 0.6) is 0 Å². The largest absolute Gasteiger partial charge is 0.478 e. The minimum atomic E-state index is -0.877. The van der Waals surface area contributed by atoms with Crippen LogP contribution in [0.2, 0.25) is 0 Å². The van der Waals surface area contributed by atoms with Crippen molar-refractivity contribution in [1.29, 1.82) is 0 Å². The average Bonchev–Trinajstić information content (AvgIpc) is 3.12. The number of fused-ring (bicyclic) bond motifs is 2. The van der Waals surface area contributed by atoms with E-state index in [2.05, 4.69) is 16.0 Å². The standard InChI is InChI=1S/C17H14N2O2/c20-17(21)13-5-1-4-12-8-10-19(16(12)13)14-6-2-3-11-7-9-18-15(11)14/h1-7,9,18H,8,10H2,(H,20,21). The van der Waals surface area contributed by atoms with E-state index in [1.54, 1.807) is 6.07 Å². The van der Waals surface area contributed by atoms with Crippen LogP contribution in [-0.4, -0.2) is 22.6 Å². The molecule has 21 heavy (non-hydrogen) atoms. The molecule has 1 aliphatic heterocycles. The van der Waals surface area contributed by atoms with Gasteiger partial charge in [0.2, 0.25) is 0 Å². The predicted molar refractivity (Wildman–Crippen MR) is 82.4 cm³/mol. The highest BCUT2D eigenvalue weighted by Gasteiger charge is 2.27. The van der Waals surface area contributed by atoms with Gasteiger partial charge in [-0.15, -0.1) is 0 Å². The lowest BCUT2D eigenvalue weighted by Crippen LogP contribution is -2.16. The molecule has 0 saturated carbocycles. The summed E-state index contributed by atoms with van der Waals surface area (Å²) in [6, 6.07) is 13.6. The van der Waals surface area contributed by atoms with Crippen LogP contribution in [0.25, 0.3) is 10.9 Å². The van der Waals surface area contributed by atoms with Gasteiger partial charge in [-0.1, -0.05) is 24.3 Å². The molecule has 2 aromatic carbocycles. The second kappa shape index (κ2) is 4.38. The lowest BCUT2D eigenvalue weighted by atomic mass is 10.1. The third kappa shape index (κ3) is 1.72. The zero-order chi connectivity index (χ0) is 14.4. The Kier molecular flexibility index (Phi) is 2.51. The van der Waals surface area contributed by atoms with Crippen molar-refractivity contribution in [2.75, 3.05) is 11.4 Å². The number of anilines is 2. The van der Waals surface area contributed by atoms with E-state index >= 15 is 0 Å². The molecular formula is C17H14N2O2. The highest BCUT2D eigenvalue weighted by atomic mass is 16.4. The highest BCUT2D eigenvalue weighted by Crippen LogP contribution is 2.39. The quantitative estimate of drug-likeness (QED) is 0.753. The van der Waals surface area contributed by atoms with E-state index in [-0.39, 0.29) is 0 Å². The Bertz CT molecular complexity index is 851. The van der Waals surface area contributed by atoms with Crippen molar-refractivity contribution in [3.8, 4) is 0 Å². The Morgan fingerprint density at radius 3 is 2.86 bits per heavy atom. The summed E-state index contributed by atoms with van der Waals surface area (Å²) in [7, 11) is 0. The molecule has 1 aliphatic rings. The molecule has 0 unspecified atom stereocenters. The van der Waals surface area contributed by atoms with Crippen LogP contribution in [0, 0.1) is 0 Å². The summed E-state index contributed by atoms with van der Waals surface area (Å²) in [5.74, 6) is -0.877. The van der Waals surface area contributed by atoms with Crippen LogP contribution in [0.15, 0.2) is 48.7 Å². The van der Waals surface area contributed by atoms with Crippen molar-refractivity contribution in [2.45, 2.75) is 6.42 Å². The molecule has 4 nitrogen and oxygen atoms in total. The number of para-hydroxylation sites is 2. The van der Waals surface area contributed by atoms with Gasteiger partial charge in [-0.2, -0.15) is 0 Å². The minimum absolute atomic E-state index is 0.369. The fourth-order valence-corrected chi connectivity index (χ4v) is 3.16. The molecule has 0 saturated heterocycles. The first-order valence-corrected chi connectivity index (χ1v) is 6.94. The number of H-pyrrole nitrogens is 1. The lowest BCUT2D eigenvalue weighted by molar-refractivity contribution is 0.0697. The number of hydrogen-bond acceptors (Lipinski definition) is 2. The maximum Gasteiger partial charge on any atom is 0.337 e. The van der Waals surface area contributed by atoms with E-state index in [1.807, 2.05) is 36.5 Å². The number of nitrogens with one attached hydrogen (secondary N) is 1. The Morgan fingerprint density at radius 2 is 2.00 bits per heavy atom. The number of aromatic amines is 1. The van der Waals surface area contributed by atoms with Gasteiger partial charge < -0.3 is 15.0 Å². The Morgan fingerprint density at radius 1 is 1.14 bits per heavy atom. The van der Waals surface area contributed by atoms with Crippen molar-refractivity contribution in [1.82, 2.24) is 4.98 Å². The highest BCUT2D eigenvalue weighted by molar-refractivity contribution is 6.00. The maximum atomic E-state index is 11.5. The van der Waals surface area contributed by atoms with Gasteiger partial charge >= 0.3 is 5.97 Å². The average molecular weight is 278 g/mol. The molecule has 0 amide bonds. The van der Waals surface area contributed by atoms with Gasteiger partial charge in [0.25, 0.3) is 0 Å². The van der Waals surface area contributed by atoms with Crippen molar-refractivity contribution in [2.24, 2.45) is 0 Å². The normalized spacial score (nSPS) is 13.6. The number of hydrogen-bond donors (Lipinski definition) is 2. The maximum absolute atomic E-state index is 11.5. The number of aromatic carboxylic acids is 1. The molecular weight excluding hydrogens is 264 g/mol. The van der Waals surface area contributed by atoms with Crippen LogP contribution in [-0.2, 0) is 6.42 Å². The molecule has 0 atom stereocenters. The summed E-state index contributed by atoms with van der Waals surface area (Å²) in [5.41, 5.74) is 4.37. The minimum Gasteiger partial charge on any atom is -0.478 e. The molecule has 0 radical (unpaired) electrons. The molecule has 4 rings (SSSR count). The third-order valence-corrected chi connectivity index (χ3v) is 4.08. The fraction of sp³-hybridized carbons (Fsp3) is 0.118. The third-order valence-electron chi connectivity index (χ3n) is 4.08. The van der Waals surface area contributed by atoms with Gasteiger partial charge in [0.05, 0.1) is 22.5 Å². The van der Waals surface area contributed by atoms with Gasteiger partial charge in [-0.25, -0.2) is 4.79 Å². The second-order valence-electron chi connectivity index (χ2n) is 5.24. The van der Waals surface area contributed by atoms with Crippen LogP contribution < -0.4 is 4.90 Å². The number of carboxylic acid groups (broad SMARTS) is 1. The summed E-state index contributed by atoms with van der Waals surface area (Å²) >= 11 is 0. The summed E-state index contributed by atoms with van der Waals surface area (Å²) in [6.45, 7) is 0.803. The van der Waals surface area contributed by atoms with Gasteiger partial charge in [-0.3, -0.25) is 0 Å². The van der Waals surface area contributed by atoms with E-state index in [4.69, 9.17) is 0 Å². The van der Waals surface area contributed by atoms with Gasteiger partial charge in [0, 0.05) is 18.1 Å². The summed E-state index contributed by atoms with van der Waals surface area (Å²) in [5, 5.41) is 10.6. The molecule has 0 spiro atoms. The Balaban J connectivity index is 1.95. The summed E-state index contributed by atoms with van der Waals surface area (Å²) in [6.07, 6.45) is 2.78. The van der Waals surface area contributed by atoms with Gasteiger partial charge in [0.1, 0.15) is 0 Å². The summed E-state index contributed by atoms with van der Waals surface area (Å²) in [4.78, 5) is 16.9. The fourth-order valence-electron chi connectivity index (χ4n) is 3.16. The SMILES string of the molecule is O=C(O)c1cccc2c1N(c1cccc3cc[nH]c13)CC2. The molecule has 0 bridgehead atoms. The number of carbonyl (C=O) groups is 1. The molecule has 0 aliphatic carbocycles. The van der Waals surface area contributed by atoms with Crippen molar-refractivity contribution in [3.05, 3.63) is 59.8 Å². The number of rotatable bonds is 2. The molecule has 0 fully saturated rings. The van der Waals surface area contributed by atoms with E-state index < -0.39 is 5.97 Å². The zero-order valence-corrected chi connectivity index (χ0v) is 11.3. The Hall–Kier alpha value is -2.75. The van der Waals surface area contributed by atoms with Crippen LogP contribution >= 0.6 is 0 Å². The predicted octanol–water partition coefficient (Wildman–Crippen LogP) is 3.56. The Labute approximate surface area is 121 Å². The number of aromatic nitrogens is 1. The molecule has 1 aromatic heterocycles. The van der Waals surface area contributed by atoms with Crippen LogP contribution in [0.4, 0.5) is 11.4 Å². The van der Waals surface area contributed by atoms with Crippen LogP contribution in [0.1, 0.15) is 15.9 Å². The summed E-state index contributed by atoms with van der Waals surface area (Å²) < 4.78 is 0. The second-order valence-corrected chi connectivity index (χ2v) is 5.24. The van der Waals surface area contributed by atoms with Crippen LogP contribution in [0.3, 0.4) is 0 Å². The van der Waals surface area contributed by atoms with E-state index in [0.29, 0.717) is 5.56 Å². The van der Waals surface area contributed by atoms with E-state index in [9.17, 15) is 9.90 Å². The van der Waals surface area contributed by atoms with E-state index in [0.717, 1.165) is 40.8 Å². The van der Waals surface area contributed by atoms with Crippen molar-refractivity contribution >= 4 is 28.2 Å². The lowest BCUT2D eigenvalue weighted by Gasteiger charge is -2.22. The first-order valence-electron chi connectivity index (χ1n) is 6.94.